The van der Waals surface area contributed by atoms with Crippen molar-refractivity contribution in [2.45, 2.75) is 25.2 Å². The molecule has 0 bridgehead atoms. The van der Waals surface area contributed by atoms with Crippen LogP contribution < -0.4 is 5.32 Å². The van der Waals surface area contributed by atoms with Gasteiger partial charge in [0.25, 0.3) is 12.3 Å². The zero-order chi connectivity index (χ0) is 25.5. The Labute approximate surface area is 207 Å². The lowest BCUT2D eigenvalue weighted by atomic mass is 10.1. The zero-order valence-corrected chi connectivity index (χ0v) is 19.0. The van der Waals surface area contributed by atoms with Gasteiger partial charge >= 0.3 is 0 Å². The molecule has 1 fully saturated rings. The molecule has 1 amide bonds. The zero-order valence-electron chi connectivity index (χ0n) is 19.0. The number of nitrogens with one attached hydrogen (secondary N) is 1. The van der Waals surface area contributed by atoms with E-state index < -0.39 is 17.9 Å². The Morgan fingerprint density at radius 3 is 2.70 bits per heavy atom. The third-order valence-electron chi connectivity index (χ3n) is 5.98. The molecular weight excluding hydrogens is 484 g/mol. The number of nitrogens with zero attached hydrogens (tertiary/aromatic N) is 8. The van der Waals surface area contributed by atoms with E-state index in [1.54, 1.807) is 34.0 Å². The topological polar surface area (TPSA) is 123 Å². The van der Waals surface area contributed by atoms with Gasteiger partial charge in [0.05, 0.1) is 47.3 Å². The molecule has 0 saturated heterocycles. The van der Waals surface area contributed by atoms with Crippen LogP contribution in [-0.2, 0) is 4.79 Å². The molecular formula is C24H17F2N9O2. The summed E-state index contributed by atoms with van der Waals surface area (Å²) in [6, 6.07) is 1.15. The number of carbonyl (C=O) groups is 1. The Hall–Kier alpha value is -5.03. The third-order valence-corrected chi connectivity index (χ3v) is 5.98. The van der Waals surface area contributed by atoms with E-state index in [4.69, 9.17) is 0 Å². The number of hydrogen-bond donors (Lipinski definition) is 1. The van der Waals surface area contributed by atoms with E-state index in [0.717, 1.165) is 23.7 Å². The van der Waals surface area contributed by atoms with Crippen LogP contribution in [0.15, 0.2) is 72.2 Å². The van der Waals surface area contributed by atoms with Crippen molar-refractivity contribution in [1.29, 1.82) is 0 Å². The van der Waals surface area contributed by atoms with Crippen molar-refractivity contribution in [3.05, 3.63) is 84.0 Å². The first-order valence-electron chi connectivity index (χ1n) is 11.3. The number of allylic oxidation sites excluding steroid dienone is 3. The predicted octanol–water partition coefficient (Wildman–Crippen LogP) is 3.24. The van der Waals surface area contributed by atoms with Crippen LogP contribution in [0.2, 0.25) is 0 Å². The maximum absolute atomic E-state index is 13.7. The molecule has 0 spiro atoms. The molecule has 5 heterocycles. The number of amidine groups is 1. The molecule has 0 atom stereocenters. The number of halogens is 2. The molecule has 3 aromatic heterocycles. The summed E-state index contributed by atoms with van der Waals surface area (Å²) in [7, 11) is 0. The normalized spacial score (nSPS) is 16.4. The maximum atomic E-state index is 13.7. The molecule has 0 radical (unpaired) electrons. The third kappa shape index (κ3) is 3.96. The Bertz CT molecular complexity index is 1570. The summed E-state index contributed by atoms with van der Waals surface area (Å²) >= 11 is 0. The van der Waals surface area contributed by atoms with E-state index in [2.05, 4.69) is 30.6 Å². The summed E-state index contributed by atoms with van der Waals surface area (Å²) in [6.07, 6.45) is 12.6. The number of pyridine rings is 1. The van der Waals surface area contributed by atoms with Gasteiger partial charge in [-0.3, -0.25) is 9.69 Å². The standard InChI is InChI=1S/C24H17F2N9O2/c25-21(26)17-10-15(11-28-22(17)35-29-7-8-30-35)32-24(37)18-12-31-34(20(18)14-3-4-14)19-2-1-9-33-16(13-36)5-6-27-23(19)33/h1-2,5-12,14,21H,3-4H2,(H,32,37). The quantitative estimate of drug-likeness (QED) is 0.515. The molecule has 0 unspecified atom stereocenters. The molecule has 11 nitrogen and oxygen atoms in total. The molecule has 37 heavy (non-hydrogen) atoms. The van der Waals surface area contributed by atoms with Crippen LogP contribution in [-0.4, -0.2) is 52.3 Å². The fraction of sp³-hybridized carbons (Fsp3) is 0.167. The van der Waals surface area contributed by atoms with Gasteiger partial charge in [-0.1, -0.05) is 0 Å². The van der Waals surface area contributed by atoms with Gasteiger partial charge in [-0.05, 0) is 37.1 Å². The van der Waals surface area contributed by atoms with Crippen molar-refractivity contribution in [3.8, 4) is 5.82 Å². The Morgan fingerprint density at radius 1 is 1.16 bits per heavy atom. The number of aliphatic imine (C=N–C) groups is 1. The number of aromatic nitrogens is 6. The van der Waals surface area contributed by atoms with E-state index in [-0.39, 0.29) is 17.4 Å². The van der Waals surface area contributed by atoms with Crippen LogP contribution in [0.5, 0.6) is 0 Å². The highest BCUT2D eigenvalue weighted by molar-refractivity contribution is 6.20. The van der Waals surface area contributed by atoms with Gasteiger partial charge in [0.15, 0.2) is 17.6 Å². The summed E-state index contributed by atoms with van der Waals surface area (Å²) in [5.74, 6) is 1.80. The first-order valence-corrected chi connectivity index (χ1v) is 11.3. The lowest BCUT2D eigenvalue weighted by Crippen LogP contribution is -2.32. The molecule has 1 saturated carbocycles. The van der Waals surface area contributed by atoms with Gasteiger partial charge in [-0.25, -0.2) is 28.2 Å². The van der Waals surface area contributed by atoms with Crippen molar-refractivity contribution in [3.63, 3.8) is 0 Å². The minimum absolute atomic E-state index is 0.0901. The van der Waals surface area contributed by atoms with Gasteiger partial charge in [0, 0.05) is 18.3 Å². The van der Waals surface area contributed by atoms with E-state index >= 15 is 0 Å². The largest absolute Gasteiger partial charge is 0.320 e. The summed E-state index contributed by atoms with van der Waals surface area (Å²) in [4.78, 5) is 35.7. The van der Waals surface area contributed by atoms with E-state index in [9.17, 15) is 18.4 Å². The second-order valence-corrected chi connectivity index (χ2v) is 8.36. The number of rotatable bonds is 6. The van der Waals surface area contributed by atoms with Gasteiger partial charge in [0.1, 0.15) is 11.4 Å². The fourth-order valence-electron chi connectivity index (χ4n) is 4.19. The van der Waals surface area contributed by atoms with Gasteiger partial charge in [-0.2, -0.15) is 15.3 Å². The molecule has 0 aromatic carbocycles. The molecule has 184 valence electrons. The Kier molecular flexibility index (Phi) is 5.38. The van der Waals surface area contributed by atoms with Crippen LogP contribution in [0, 0.1) is 0 Å². The van der Waals surface area contributed by atoms with Crippen LogP contribution in [0.1, 0.15) is 46.8 Å². The molecule has 1 N–H and O–H groups in total. The van der Waals surface area contributed by atoms with Gasteiger partial charge in [0.2, 0.25) is 0 Å². The lowest BCUT2D eigenvalue weighted by Gasteiger charge is -2.27. The first kappa shape index (κ1) is 22.4. The summed E-state index contributed by atoms with van der Waals surface area (Å²) in [5.41, 5.74) is 1.53. The Morgan fingerprint density at radius 2 is 1.97 bits per heavy atom. The van der Waals surface area contributed by atoms with Gasteiger partial charge < -0.3 is 5.32 Å². The Balaban J connectivity index is 1.33. The SMILES string of the molecule is O=C=C1C=CN=C2C(n3ncc(C(=O)Nc4cnc(-n5nccn5)c(C(F)F)c4)c3C3CC3)=CC=CN12. The summed E-state index contributed by atoms with van der Waals surface area (Å²) < 4.78 is 29.1. The van der Waals surface area contributed by atoms with Gasteiger partial charge in [-0.15, -0.1) is 4.80 Å². The second kappa shape index (κ2) is 8.88. The summed E-state index contributed by atoms with van der Waals surface area (Å²) in [6.45, 7) is 0. The second-order valence-electron chi connectivity index (χ2n) is 8.36. The number of amides is 1. The molecule has 3 aromatic rings. The van der Waals surface area contributed by atoms with E-state index in [1.165, 1.54) is 31.0 Å². The monoisotopic (exact) mass is 501 g/mol. The first-order chi connectivity index (χ1) is 18.0. The average Bonchev–Trinajstić information content (AvgIpc) is 3.41. The molecule has 3 aliphatic rings. The molecule has 6 rings (SSSR count). The minimum atomic E-state index is -2.86. The average molecular weight is 501 g/mol. The number of alkyl halides is 2. The number of carbonyl (C=O) groups excluding carboxylic acids is 2. The predicted molar refractivity (Wildman–Crippen MR) is 127 cm³/mol. The number of fused-ring (bicyclic) bond motifs is 1. The summed E-state index contributed by atoms with van der Waals surface area (Å²) in [5, 5.41) is 14.8. The minimum Gasteiger partial charge on any atom is -0.320 e. The van der Waals surface area contributed by atoms with Crippen LogP contribution >= 0.6 is 0 Å². The lowest BCUT2D eigenvalue weighted by molar-refractivity contribution is 0.102. The highest BCUT2D eigenvalue weighted by Gasteiger charge is 2.35. The van der Waals surface area contributed by atoms with Crippen LogP contribution in [0.4, 0.5) is 14.5 Å². The van der Waals surface area contributed by atoms with E-state index in [1.807, 2.05) is 5.94 Å². The van der Waals surface area contributed by atoms with Crippen LogP contribution in [0.3, 0.4) is 0 Å². The highest BCUT2D eigenvalue weighted by atomic mass is 19.3. The van der Waals surface area contributed by atoms with Crippen molar-refractivity contribution in [2.75, 3.05) is 5.32 Å². The fourth-order valence-corrected chi connectivity index (χ4v) is 4.19. The smallest absolute Gasteiger partial charge is 0.267 e. The number of hydrogen-bond acceptors (Lipinski definition) is 8. The maximum Gasteiger partial charge on any atom is 0.267 e. The van der Waals surface area contributed by atoms with Crippen molar-refractivity contribution >= 4 is 29.1 Å². The van der Waals surface area contributed by atoms with Crippen molar-refractivity contribution in [2.24, 2.45) is 4.99 Å². The molecule has 13 heteroatoms. The van der Waals surface area contributed by atoms with Crippen LogP contribution in [0.25, 0.3) is 11.5 Å². The van der Waals surface area contributed by atoms with E-state index in [0.29, 0.717) is 28.5 Å². The molecule has 1 aliphatic carbocycles. The number of anilines is 1. The highest BCUT2D eigenvalue weighted by Crippen LogP contribution is 2.43. The van der Waals surface area contributed by atoms with Crippen molar-refractivity contribution < 1.29 is 18.4 Å². The van der Waals surface area contributed by atoms with Crippen molar-refractivity contribution in [1.82, 2.24) is 34.7 Å². The molecule has 2 aliphatic heterocycles.